The van der Waals surface area contributed by atoms with E-state index in [0.29, 0.717) is 17.0 Å². The Kier molecular flexibility index (Phi) is 7.26. The first-order chi connectivity index (χ1) is 15.1. The van der Waals surface area contributed by atoms with Crippen molar-refractivity contribution < 1.29 is 14.3 Å². The van der Waals surface area contributed by atoms with Gasteiger partial charge in [0.2, 0.25) is 0 Å². The number of carbonyl (C=O) groups is 2. The Bertz CT molecular complexity index is 1100. The first kappa shape index (κ1) is 23.4. The minimum atomic E-state index is -0.419. The number of hydrogen-bond acceptors (Lipinski definition) is 4. The zero-order valence-electron chi connectivity index (χ0n) is 19.0. The van der Waals surface area contributed by atoms with E-state index in [1.165, 1.54) is 11.9 Å². The molecule has 0 aromatic heterocycles. The molecule has 0 spiro atoms. The van der Waals surface area contributed by atoms with Gasteiger partial charge in [0.25, 0.3) is 0 Å². The first-order valence-corrected chi connectivity index (χ1v) is 11.2. The average Bonchev–Trinajstić information content (AvgIpc) is 2.75. The van der Waals surface area contributed by atoms with E-state index >= 15 is 0 Å². The van der Waals surface area contributed by atoms with Crippen molar-refractivity contribution in [1.29, 1.82) is 0 Å². The van der Waals surface area contributed by atoms with Gasteiger partial charge in [-0.25, -0.2) is 9.59 Å². The predicted molar refractivity (Wildman–Crippen MR) is 130 cm³/mol. The van der Waals surface area contributed by atoms with E-state index in [9.17, 15) is 9.59 Å². The highest BCUT2D eigenvalue weighted by Gasteiger charge is 2.15. The maximum absolute atomic E-state index is 12.5. The third-order valence-electron chi connectivity index (χ3n) is 4.93. The third-order valence-corrected chi connectivity index (χ3v) is 5.72. The van der Waals surface area contributed by atoms with Crippen LogP contribution >= 0.6 is 11.9 Å². The van der Waals surface area contributed by atoms with E-state index in [0.717, 1.165) is 21.6 Å². The van der Waals surface area contributed by atoms with Crippen molar-refractivity contribution in [3.8, 4) is 5.75 Å². The topological polar surface area (TPSA) is 67.4 Å². The van der Waals surface area contributed by atoms with Crippen molar-refractivity contribution >= 4 is 29.6 Å². The maximum Gasteiger partial charge on any atom is 0.343 e. The van der Waals surface area contributed by atoms with Gasteiger partial charge in [0.05, 0.1) is 5.56 Å². The van der Waals surface area contributed by atoms with Crippen LogP contribution in [0, 0.1) is 13.8 Å². The number of carbonyl (C=O) groups excluding carboxylic acids is 2. The van der Waals surface area contributed by atoms with Gasteiger partial charge in [-0.05, 0) is 84.8 Å². The minimum Gasteiger partial charge on any atom is -0.423 e. The highest BCUT2D eigenvalue weighted by Crippen LogP contribution is 2.25. The van der Waals surface area contributed by atoms with Crippen LogP contribution in [0.3, 0.4) is 0 Å². The van der Waals surface area contributed by atoms with Crippen LogP contribution < -0.4 is 14.8 Å². The molecule has 32 heavy (non-hydrogen) atoms. The fraction of sp³-hybridized carbons (Fsp3) is 0.231. The van der Waals surface area contributed by atoms with Gasteiger partial charge < -0.3 is 10.1 Å². The Hall–Kier alpha value is -3.25. The molecule has 0 radical (unpaired) electrons. The lowest BCUT2D eigenvalue weighted by Crippen LogP contribution is -2.23. The Balaban J connectivity index is 1.57. The van der Waals surface area contributed by atoms with Crippen LogP contribution in [0.4, 0.5) is 10.5 Å². The van der Waals surface area contributed by atoms with Crippen LogP contribution in [0.1, 0.15) is 47.8 Å². The van der Waals surface area contributed by atoms with Crippen LogP contribution in [-0.2, 0) is 5.41 Å². The number of urea groups is 1. The summed E-state index contributed by atoms with van der Waals surface area (Å²) < 4.78 is 8.27. The number of esters is 1. The first-order valence-electron chi connectivity index (χ1n) is 10.4. The van der Waals surface area contributed by atoms with Gasteiger partial charge in [-0.15, -0.1) is 0 Å². The molecule has 0 saturated carbocycles. The van der Waals surface area contributed by atoms with E-state index in [-0.39, 0.29) is 11.4 Å². The summed E-state index contributed by atoms with van der Waals surface area (Å²) in [4.78, 5) is 25.7. The highest BCUT2D eigenvalue weighted by molar-refractivity contribution is 7.98. The second kappa shape index (κ2) is 9.92. The Morgan fingerprint density at radius 3 is 2.12 bits per heavy atom. The van der Waals surface area contributed by atoms with E-state index in [1.807, 2.05) is 50.2 Å². The molecule has 0 aliphatic carbocycles. The minimum absolute atomic E-state index is 0.0211. The molecule has 0 aliphatic rings. The van der Waals surface area contributed by atoms with Crippen LogP contribution in [0.2, 0.25) is 0 Å². The summed E-state index contributed by atoms with van der Waals surface area (Å²) in [6.07, 6.45) is 0. The Morgan fingerprint density at radius 1 is 0.875 bits per heavy atom. The largest absolute Gasteiger partial charge is 0.423 e. The molecule has 6 heteroatoms. The molecule has 3 aromatic rings. The molecule has 0 fully saturated rings. The fourth-order valence-electron chi connectivity index (χ4n) is 2.97. The number of nitrogens with one attached hydrogen (secondary N) is 2. The summed E-state index contributed by atoms with van der Waals surface area (Å²) in [5.74, 6) is 0.00481. The second-order valence-corrected chi connectivity index (χ2v) is 9.54. The van der Waals surface area contributed by atoms with Crippen LogP contribution in [-0.4, -0.2) is 12.0 Å². The van der Waals surface area contributed by atoms with Crippen molar-refractivity contribution in [1.82, 2.24) is 4.72 Å². The monoisotopic (exact) mass is 448 g/mol. The molecule has 2 N–H and O–H groups in total. The summed E-state index contributed by atoms with van der Waals surface area (Å²) >= 11 is 1.24. The molecule has 0 aliphatic heterocycles. The summed E-state index contributed by atoms with van der Waals surface area (Å²) in [5, 5.41) is 2.81. The van der Waals surface area contributed by atoms with Crippen LogP contribution in [0.25, 0.3) is 0 Å². The molecule has 0 bridgehead atoms. The number of benzene rings is 3. The molecule has 0 saturated heterocycles. The summed E-state index contributed by atoms with van der Waals surface area (Å²) in [6, 6.07) is 20.1. The third kappa shape index (κ3) is 6.37. The lowest BCUT2D eigenvalue weighted by molar-refractivity contribution is 0.0734. The lowest BCUT2D eigenvalue weighted by atomic mass is 9.87. The summed E-state index contributed by atoms with van der Waals surface area (Å²) in [5.41, 5.74) is 4.25. The normalized spacial score (nSPS) is 11.0. The van der Waals surface area contributed by atoms with Crippen molar-refractivity contribution in [2.75, 3.05) is 5.32 Å². The number of anilines is 1. The number of hydrogen-bond donors (Lipinski definition) is 2. The quantitative estimate of drug-likeness (QED) is 0.260. The molecule has 5 nitrogen and oxygen atoms in total. The fourth-order valence-corrected chi connectivity index (χ4v) is 3.51. The van der Waals surface area contributed by atoms with E-state index in [2.05, 4.69) is 30.8 Å². The molecular weight excluding hydrogens is 420 g/mol. The summed E-state index contributed by atoms with van der Waals surface area (Å²) in [6.45, 7) is 10.2. The Morgan fingerprint density at radius 2 is 1.53 bits per heavy atom. The van der Waals surface area contributed by atoms with E-state index < -0.39 is 5.97 Å². The molecular formula is C26H28N2O3S. The van der Waals surface area contributed by atoms with Gasteiger partial charge in [0.1, 0.15) is 5.75 Å². The predicted octanol–water partition coefficient (Wildman–Crippen LogP) is 6.65. The smallest absolute Gasteiger partial charge is 0.343 e. The SMILES string of the molecule is Cc1ccc(SNC(=O)Nc2ccc(OC(=O)c3ccc(C(C)(C)C)cc3)cc2C)cc1. The Labute approximate surface area is 193 Å². The number of rotatable bonds is 5. The molecule has 3 rings (SSSR count). The zero-order valence-corrected chi connectivity index (χ0v) is 19.8. The van der Waals surface area contributed by atoms with Gasteiger partial charge in [-0.2, -0.15) is 0 Å². The van der Waals surface area contributed by atoms with E-state index in [4.69, 9.17) is 4.74 Å². The standard InChI is InChI=1S/C26H28N2O3S/c1-17-6-13-22(14-7-17)32-28-25(30)27-23-15-12-21(16-18(23)2)31-24(29)19-8-10-20(11-9-19)26(3,4)5/h6-16H,1-5H3,(H2,27,28,30). The maximum atomic E-state index is 12.5. The molecule has 0 heterocycles. The average molecular weight is 449 g/mol. The van der Waals surface area contributed by atoms with Crippen molar-refractivity contribution in [2.45, 2.75) is 44.9 Å². The highest BCUT2D eigenvalue weighted by atomic mass is 32.2. The van der Waals surface area contributed by atoms with Crippen molar-refractivity contribution in [3.05, 3.63) is 89.0 Å². The molecule has 2 amide bonds. The summed E-state index contributed by atoms with van der Waals surface area (Å²) in [7, 11) is 0. The van der Waals surface area contributed by atoms with E-state index in [1.54, 1.807) is 30.3 Å². The van der Waals surface area contributed by atoms with Gasteiger partial charge in [0, 0.05) is 10.6 Å². The molecule has 166 valence electrons. The van der Waals surface area contributed by atoms with Crippen molar-refractivity contribution in [2.24, 2.45) is 0 Å². The van der Waals surface area contributed by atoms with Crippen LogP contribution in [0.15, 0.2) is 71.6 Å². The molecule has 0 atom stereocenters. The molecule has 0 unspecified atom stereocenters. The number of aryl methyl sites for hydroxylation is 2. The van der Waals surface area contributed by atoms with Crippen molar-refractivity contribution in [3.63, 3.8) is 0 Å². The lowest BCUT2D eigenvalue weighted by Gasteiger charge is -2.19. The van der Waals surface area contributed by atoms with Crippen LogP contribution in [0.5, 0.6) is 5.75 Å². The van der Waals surface area contributed by atoms with Gasteiger partial charge in [-0.3, -0.25) is 4.72 Å². The van der Waals surface area contributed by atoms with Gasteiger partial charge in [0.15, 0.2) is 0 Å². The van der Waals surface area contributed by atoms with Gasteiger partial charge >= 0.3 is 12.0 Å². The zero-order chi connectivity index (χ0) is 23.3. The molecule has 3 aromatic carbocycles. The number of amides is 2. The second-order valence-electron chi connectivity index (χ2n) is 8.66. The van der Waals surface area contributed by atoms with Gasteiger partial charge in [-0.1, -0.05) is 50.6 Å². The number of ether oxygens (including phenoxy) is 1.